The number of hydrogen-bond donors (Lipinski definition) is 1. The lowest BCUT2D eigenvalue weighted by Crippen LogP contribution is -2.48. The zero-order chi connectivity index (χ0) is 15.1. The molecule has 0 atom stereocenters. The van der Waals surface area contributed by atoms with Gasteiger partial charge in [0.1, 0.15) is 0 Å². The normalized spacial score (nSPS) is 9.95. The molecule has 20 heavy (non-hydrogen) atoms. The maximum absolute atomic E-state index is 12.2. The van der Waals surface area contributed by atoms with Crippen LogP contribution in [0.15, 0.2) is 30.3 Å². The van der Waals surface area contributed by atoms with Crippen molar-refractivity contribution in [2.75, 3.05) is 24.5 Å². The average molecular weight is 277 g/mol. The van der Waals surface area contributed by atoms with E-state index in [1.807, 2.05) is 6.07 Å². The fourth-order valence-electron chi connectivity index (χ4n) is 1.81. The molecule has 6 heteroatoms. The van der Waals surface area contributed by atoms with Crippen LogP contribution in [-0.4, -0.2) is 42.3 Å². The maximum Gasteiger partial charge on any atom is 0.319 e. The number of para-hydroxylation sites is 1. The van der Waals surface area contributed by atoms with Gasteiger partial charge in [-0.2, -0.15) is 0 Å². The summed E-state index contributed by atoms with van der Waals surface area (Å²) < 4.78 is 0. The van der Waals surface area contributed by atoms with E-state index in [0.29, 0.717) is 12.2 Å². The molecule has 0 fully saturated rings. The number of hydrogen-bond acceptors (Lipinski definition) is 4. The van der Waals surface area contributed by atoms with Crippen LogP contribution >= 0.6 is 0 Å². The van der Waals surface area contributed by atoms with Crippen molar-refractivity contribution in [3.63, 3.8) is 0 Å². The van der Waals surface area contributed by atoms with E-state index in [1.54, 1.807) is 31.2 Å². The topological polar surface area (TPSA) is 83.7 Å². The van der Waals surface area contributed by atoms with Crippen LogP contribution in [0.25, 0.3) is 0 Å². The molecule has 0 radical (unpaired) electrons. The standard InChI is InChI=1S/C14H19N3O3/c1-3-16(12-7-5-4-6-8-12)13(19)14(20)17(10-9-15)11(2)18/h4-8H,3,9-10,15H2,1-2H3. The maximum atomic E-state index is 12.2. The van der Waals surface area contributed by atoms with Crippen LogP contribution < -0.4 is 10.6 Å². The number of amides is 3. The highest BCUT2D eigenvalue weighted by Gasteiger charge is 2.29. The van der Waals surface area contributed by atoms with Crippen molar-refractivity contribution in [1.82, 2.24) is 4.90 Å². The number of carbonyl (C=O) groups is 3. The van der Waals surface area contributed by atoms with E-state index >= 15 is 0 Å². The predicted molar refractivity (Wildman–Crippen MR) is 75.9 cm³/mol. The molecular formula is C14H19N3O3. The van der Waals surface area contributed by atoms with Crippen molar-refractivity contribution in [3.05, 3.63) is 30.3 Å². The first-order chi connectivity index (χ1) is 9.52. The Kier molecular flexibility index (Phi) is 5.86. The molecule has 6 nitrogen and oxygen atoms in total. The Hall–Kier alpha value is -2.21. The number of nitrogens with zero attached hydrogens (tertiary/aromatic N) is 2. The van der Waals surface area contributed by atoms with Crippen LogP contribution in [0.4, 0.5) is 5.69 Å². The molecule has 0 aliphatic rings. The van der Waals surface area contributed by atoms with E-state index in [9.17, 15) is 14.4 Å². The van der Waals surface area contributed by atoms with Gasteiger partial charge in [0.05, 0.1) is 0 Å². The Labute approximate surface area is 118 Å². The summed E-state index contributed by atoms with van der Waals surface area (Å²) in [5, 5.41) is 0. The third-order valence-corrected chi connectivity index (χ3v) is 2.79. The van der Waals surface area contributed by atoms with Crippen LogP contribution in [0.2, 0.25) is 0 Å². The Morgan fingerprint density at radius 1 is 1.10 bits per heavy atom. The quantitative estimate of drug-likeness (QED) is 0.806. The molecule has 0 aromatic heterocycles. The van der Waals surface area contributed by atoms with Crippen molar-refractivity contribution >= 4 is 23.4 Å². The zero-order valence-corrected chi connectivity index (χ0v) is 11.7. The van der Waals surface area contributed by atoms with Gasteiger partial charge in [-0.05, 0) is 19.1 Å². The first-order valence-corrected chi connectivity index (χ1v) is 6.42. The molecule has 0 saturated heterocycles. The molecule has 0 heterocycles. The second kappa shape index (κ2) is 7.40. The number of nitrogens with two attached hydrogens (primary N) is 1. The summed E-state index contributed by atoms with van der Waals surface area (Å²) in [7, 11) is 0. The molecule has 0 saturated carbocycles. The Balaban J connectivity index is 2.96. The van der Waals surface area contributed by atoms with E-state index < -0.39 is 17.7 Å². The average Bonchev–Trinajstić information content (AvgIpc) is 2.45. The molecule has 0 aliphatic carbocycles. The second-order valence-corrected chi connectivity index (χ2v) is 4.15. The van der Waals surface area contributed by atoms with Gasteiger partial charge >= 0.3 is 11.8 Å². The van der Waals surface area contributed by atoms with E-state index in [4.69, 9.17) is 5.73 Å². The van der Waals surface area contributed by atoms with Gasteiger partial charge in [0, 0.05) is 32.2 Å². The van der Waals surface area contributed by atoms with E-state index in [0.717, 1.165) is 4.90 Å². The van der Waals surface area contributed by atoms with Gasteiger partial charge in [0.2, 0.25) is 5.91 Å². The van der Waals surface area contributed by atoms with Gasteiger partial charge in [-0.15, -0.1) is 0 Å². The summed E-state index contributed by atoms with van der Waals surface area (Å²) >= 11 is 0. The molecule has 0 aliphatic heterocycles. The van der Waals surface area contributed by atoms with Crippen molar-refractivity contribution in [1.29, 1.82) is 0 Å². The zero-order valence-electron chi connectivity index (χ0n) is 11.7. The molecule has 2 N–H and O–H groups in total. The number of likely N-dealkylation sites (N-methyl/N-ethyl adjacent to an activating group) is 1. The SMILES string of the molecule is CCN(C(=O)C(=O)N(CCN)C(C)=O)c1ccccc1. The molecule has 0 unspecified atom stereocenters. The summed E-state index contributed by atoms with van der Waals surface area (Å²) in [4.78, 5) is 37.9. The van der Waals surface area contributed by atoms with Gasteiger partial charge in [0.25, 0.3) is 0 Å². The van der Waals surface area contributed by atoms with Crippen LogP contribution in [0.5, 0.6) is 0 Å². The molecule has 3 amide bonds. The fraction of sp³-hybridized carbons (Fsp3) is 0.357. The molecule has 108 valence electrons. The first kappa shape index (κ1) is 15.8. The van der Waals surface area contributed by atoms with Crippen molar-refractivity contribution in [2.24, 2.45) is 5.73 Å². The van der Waals surface area contributed by atoms with Crippen LogP contribution in [0, 0.1) is 0 Å². The van der Waals surface area contributed by atoms with Crippen LogP contribution in [-0.2, 0) is 14.4 Å². The lowest BCUT2D eigenvalue weighted by Gasteiger charge is -2.24. The fourth-order valence-corrected chi connectivity index (χ4v) is 1.81. The predicted octanol–water partition coefficient (Wildman–Crippen LogP) is 0.373. The Bertz CT molecular complexity index is 488. The third kappa shape index (κ3) is 3.64. The third-order valence-electron chi connectivity index (χ3n) is 2.79. The molecule has 1 aromatic rings. The number of anilines is 1. The van der Waals surface area contributed by atoms with Crippen molar-refractivity contribution in [2.45, 2.75) is 13.8 Å². The number of carbonyl (C=O) groups excluding carboxylic acids is 3. The van der Waals surface area contributed by atoms with Crippen molar-refractivity contribution < 1.29 is 14.4 Å². The first-order valence-electron chi connectivity index (χ1n) is 6.42. The van der Waals surface area contributed by atoms with Gasteiger partial charge < -0.3 is 10.6 Å². The van der Waals surface area contributed by atoms with Gasteiger partial charge in [-0.25, -0.2) is 0 Å². The number of imide groups is 1. The van der Waals surface area contributed by atoms with Crippen molar-refractivity contribution in [3.8, 4) is 0 Å². The minimum Gasteiger partial charge on any atom is -0.329 e. The second-order valence-electron chi connectivity index (χ2n) is 4.15. The largest absolute Gasteiger partial charge is 0.329 e. The highest BCUT2D eigenvalue weighted by molar-refractivity contribution is 6.42. The molecule has 0 bridgehead atoms. The molecule has 1 aromatic carbocycles. The van der Waals surface area contributed by atoms with E-state index in [1.165, 1.54) is 11.8 Å². The van der Waals surface area contributed by atoms with E-state index in [-0.39, 0.29) is 13.1 Å². The minimum atomic E-state index is -0.853. The Morgan fingerprint density at radius 2 is 1.70 bits per heavy atom. The summed E-state index contributed by atoms with van der Waals surface area (Å²) in [5.74, 6) is -2.08. The van der Waals surface area contributed by atoms with E-state index in [2.05, 4.69) is 0 Å². The smallest absolute Gasteiger partial charge is 0.319 e. The summed E-state index contributed by atoms with van der Waals surface area (Å²) in [6, 6.07) is 8.84. The monoisotopic (exact) mass is 277 g/mol. The molecular weight excluding hydrogens is 258 g/mol. The van der Waals surface area contributed by atoms with Gasteiger partial charge in [-0.3, -0.25) is 19.3 Å². The highest BCUT2D eigenvalue weighted by atomic mass is 16.2. The number of rotatable bonds is 4. The summed E-state index contributed by atoms with van der Waals surface area (Å²) in [6.07, 6.45) is 0. The lowest BCUT2D eigenvalue weighted by atomic mass is 10.2. The lowest BCUT2D eigenvalue weighted by molar-refractivity contribution is -0.150. The summed E-state index contributed by atoms with van der Waals surface area (Å²) in [5.41, 5.74) is 5.97. The van der Waals surface area contributed by atoms with Crippen LogP contribution in [0.1, 0.15) is 13.8 Å². The highest BCUT2D eigenvalue weighted by Crippen LogP contribution is 2.13. The minimum absolute atomic E-state index is 0.0340. The summed E-state index contributed by atoms with van der Waals surface area (Å²) in [6.45, 7) is 3.49. The molecule has 1 rings (SSSR count). The molecule has 0 spiro atoms. The Morgan fingerprint density at radius 3 is 2.15 bits per heavy atom. The van der Waals surface area contributed by atoms with Gasteiger partial charge in [0.15, 0.2) is 0 Å². The van der Waals surface area contributed by atoms with Gasteiger partial charge in [-0.1, -0.05) is 18.2 Å². The number of benzene rings is 1. The van der Waals surface area contributed by atoms with Crippen LogP contribution in [0.3, 0.4) is 0 Å².